The van der Waals surface area contributed by atoms with E-state index in [1.165, 1.54) is 22.6 Å². The lowest BCUT2D eigenvalue weighted by molar-refractivity contribution is 0.0172. The maximum absolute atomic E-state index is 5.87. The van der Waals surface area contributed by atoms with Crippen molar-refractivity contribution in [3.8, 4) is 0 Å². The van der Waals surface area contributed by atoms with Gasteiger partial charge in [0.2, 0.25) is 0 Å². The lowest BCUT2D eigenvalue weighted by Crippen LogP contribution is -2.16. The van der Waals surface area contributed by atoms with Crippen LogP contribution >= 0.6 is 11.3 Å². The molecule has 1 aliphatic rings. The Balaban J connectivity index is 1.54. The molecule has 0 radical (unpaired) electrons. The van der Waals surface area contributed by atoms with E-state index in [-0.39, 0.29) is 0 Å². The minimum Gasteiger partial charge on any atom is -0.373 e. The number of rotatable bonds is 6. The van der Waals surface area contributed by atoms with Crippen LogP contribution in [0.2, 0.25) is 0 Å². The Morgan fingerprint density at radius 1 is 1.32 bits per heavy atom. The maximum Gasteiger partial charge on any atom is 0.150 e. The zero-order chi connectivity index (χ0) is 15.4. The SMILES string of the molecule is CCc1cc(CN(C)Cc2ccc(C3CCCCO3)s2)on1. The lowest BCUT2D eigenvalue weighted by Gasteiger charge is -2.21. The van der Waals surface area contributed by atoms with Crippen LogP contribution in [0.25, 0.3) is 0 Å². The number of thiophene rings is 1. The smallest absolute Gasteiger partial charge is 0.150 e. The molecule has 1 atom stereocenters. The molecule has 0 aromatic carbocycles. The molecule has 3 rings (SSSR count). The van der Waals surface area contributed by atoms with Crippen molar-refractivity contribution in [2.45, 2.75) is 51.8 Å². The molecule has 0 aliphatic carbocycles. The van der Waals surface area contributed by atoms with Crippen LogP contribution in [0.15, 0.2) is 22.7 Å². The summed E-state index contributed by atoms with van der Waals surface area (Å²) in [6.07, 6.45) is 4.88. The summed E-state index contributed by atoms with van der Waals surface area (Å²) < 4.78 is 11.2. The predicted molar refractivity (Wildman–Crippen MR) is 87.9 cm³/mol. The Bertz CT molecular complexity index is 587. The third-order valence-corrected chi connectivity index (χ3v) is 5.16. The van der Waals surface area contributed by atoms with E-state index in [0.717, 1.165) is 44.0 Å². The average Bonchev–Trinajstić information content (AvgIpc) is 3.17. The Labute approximate surface area is 136 Å². The second kappa shape index (κ2) is 7.40. The Hall–Kier alpha value is -1.17. The summed E-state index contributed by atoms with van der Waals surface area (Å²) >= 11 is 1.88. The number of aryl methyl sites for hydroxylation is 1. The molecule has 1 aliphatic heterocycles. The monoisotopic (exact) mass is 320 g/mol. The highest BCUT2D eigenvalue weighted by molar-refractivity contribution is 7.12. The first-order valence-electron chi connectivity index (χ1n) is 8.08. The number of aromatic nitrogens is 1. The van der Waals surface area contributed by atoms with Gasteiger partial charge in [0.05, 0.1) is 18.3 Å². The van der Waals surface area contributed by atoms with E-state index >= 15 is 0 Å². The molecule has 1 unspecified atom stereocenters. The van der Waals surface area contributed by atoms with Crippen molar-refractivity contribution in [2.75, 3.05) is 13.7 Å². The van der Waals surface area contributed by atoms with Crippen molar-refractivity contribution in [3.05, 3.63) is 39.4 Å². The number of ether oxygens (including phenoxy) is 1. The second-order valence-corrected chi connectivity index (χ2v) is 7.17. The molecule has 0 N–H and O–H groups in total. The quantitative estimate of drug-likeness (QED) is 0.800. The van der Waals surface area contributed by atoms with Gasteiger partial charge in [-0.3, -0.25) is 4.90 Å². The first kappa shape index (κ1) is 15.7. The van der Waals surface area contributed by atoms with Crippen LogP contribution in [-0.4, -0.2) is 23.7 Å². The zero-order valence-electron chi connectivity index (χ0n) is 13.4. The topological polar surface area (TPSA) is 38.5 Å². The van der Waals surface area contributed by atoms with Crippen LogP contribution in [0.3, 0.4) is 0 Å². The van der Waals surface area contributed by atoms with Crippen molar-refractivity contribution in [3.63, 3.8) is 0 Å². The van der Waals surface area contributed by atoms with E-state index in [2.05, 4.69) is 36.2 Å². The molecule has 120 valence electrons. The van der Waals surface area contributed by atoms with Crippen LogP contribution < -0.4 is 0 Å². The molecule has 0 spiro atoms. The van der Waals surface area contributed by atoms with E-state index < -0.39 is 0 Å². The van der Waals surface area contributed by atoms with Crippen LogP contribution in [-0.2, 0) is 24.2 Å². The van der Waals surface area contributed by atoms with E-state index in [9.17, 15) is 0 Å². The molecule has 0 amide bonds. The van der Waals surface area contributed by atoms with Crippen molar-refractivity contribution in [1.82, 2.24) is 10.1 Å². The highest BCUT2D eigenvalue weighted by Crippen LogP contribution is 2.33. The van der Waals surface area contributed by atoms with Crippen LogP contribution in [0.5, 0.6) is 0 Å². The van der Waals surface area contributed by atoms with Gasteiger partial charge in [-0.1, -0.05) is 12.1 Å². The van der Waals surface area contributed by atoms with Crippen LogP contribution in [0.1, 0.15) is 53.5 Å². The van der Waals surface area contributed by atoms with Gasteiger partial charge in [-0.15, -0.1) is 11.3 Å². The number of hydrogen-bond acceptors (Lipinski definition) is 5. The fourth-order valence-corrected chi connectivity index (χ4v) is 3.98. The molecule has 2 aromatic rings. The lowest BCUT2D eigenvalue weighted by atomic mass is 10.1. The van der Waals surface area contributed by atoms with Crippen LogP contribution in [0, 0.1) is 0 Å². The van der Waals surface area contributed by atoms with Gasteiger partial charge in [0, 0.05) is 29.0 Å². The fraction of sp³-hybridized carbons (Fsp3) is 0.588. The fourth-order valence-electron chi connectivity index (χ4n) is 2.80. The molecule has 1 saturated heterocycles. The van der Waals surface area contributed by atoms with Gasteiger partial charge in [0.1, 0.15) is 0 Å². The summed E-state index contributed by atoms with van der Waals surface area (Å²) in [5.41, 5.74) is 1.02. The molecule has 3 heterocycles. The molecule has 0 saturated carbocycles. The normalized spacial score (nSPS) is 19.0. The summed E-state index contributed by atoms with van der Waals surface area (Å²) in [7, 11) is 2.12. The first-order valence-corrected chi connectivity index (χ1v) is 8.89. The van der Waals surface area contributed by atoms with Gasteiger partial charge in [0.25, 0.3) is 0 Å². The largest absolute Gasteiger partial charge is 0.373 e. The standard InChI is InChI=1S/C17H24N2O2S/c1-3-13-10-14(21-18-13)11-19(2)12-15-7-8-17(22-15)16-6-4-5-9-20-16/h7-8,10,16H,3-6,9,11-12H2,1-2H3. The third-order valence-electron chi connectivity index (χ3n) is 4.00. The summed E-state index contributed by atoms with van der Waals surface area (Å²) in [6.45, 7) is 4.72. The van der Waals surface area contributed by atoms with Gasteiger partial charge in [-0.2, -0.15) is 0 Å². The molecule has 5 heteroatoms. The minimum atomic E-state index is 0.319. The highest BCUT2D eigenvalue weighted by Gasteiger charge is 2.18. The zero-order valence-corrected chi connectivity index (χ0v) is 14.2. The molecule has 1 fully saturated rings. The Morgan fingerprint density at radius 2 is 2.23 bits per heavy atom. The highest BCUT2D eigenvalue weighted by atomic mass is 32.1. The van der Waals surface area contributed by atoms with E-state index in [0.29, 0.717) is 6.10 Å². The van der Waals surface area contributed by atoms with E-state index in [1.807, 2.05) is 17.4 Å². The molecular formula is C17H24N2O2S. The Kier molecular flexibility index (Phi) is 5.28. The van der Waals surface area contributed by atoms with E-state index in [4.69, 9.17) is 9.26 Å². The van der Waals surface area contributed by atoms with Crippen molar-refractivity contribution >= 4 is 11.3 Å². The summed E-state index contributed by atoms with van der Waals surface area (Å²) in [6, 6.07) is 6.51. The second-order valence-electron chi connectivity index (χ2n) is 5.97. The third kappa shape index (κ3) is 3.97. The van der Waals surface area contributed by atoms with Gasteiger partial charge >= 0.3 is 0 Å². The first-order chi connectivity index (χ1) is 10.7. The summed E-state index contributed by atoms with van der Waals surface area (Å²) in [4.78, 5) is 5.01. The summed E-state index contributed by atoms with van der Waals surface area (Å²) in [5, 5.41) is 4.04. The molecular weight excluding hydrogens is 296 g/mol. The van der Waals surface area contributed by atoms with Crippen molar-refractivity contribution in [2.24, 2.45) is 0 Å². The number of hydrogen-bond donors (Lipinski definition) is 0. The van der Waals surface area contributed by atoms with Gasteiger partial charge in [-0.25, -0.2) is 0 Å². The van der Waals surface area contributed by atoms with Gasteiger partial charge in [-0.05, 0) is 44.9 Å². The molecule has 4 nitrogen and oxygen atoms in total. The van der Waals surface area contributed by atoms with Crippen molar-refractivity contribution < 1.29 is 9.26 Å². The average molecular weight is 320 g/mol. The number of nitrogens with zero attached hydrogens (tertiary/aromatic N) is 2. The van der Waals surface area contributed by atoms with Crippen LogP contribution in [0.4, 0.5) is 0 Å². The van der Waals surface area contributed by atoms with E-state index in [1.54, 1.807) is 0 Å². The van der Waals surface area contributed by atoms with Gasteiger partial charge in [0.15, 0.2) is 5.76 Å². The Morgan fingerprint density at radius 3 is 2.95 bits per heavy atom. The molecule has 2 aromatic heterocycles. The predicted octanol–water partition coefficient (Wildman–Crippen LogP) is 4.17. The molecule has 22 heavy (non-hydrogen) atoms. The maximum atomic E-state index is 5.87. The van der Waals surface area contributed by atoms with Gasteiger partial charge < -0.3 is 9.26 Å². The minimum absolute atomic E-state index is 0.319. The summed E-state index contributed by atoms with van der Waals surface area (Å²) in [5.74, 6) is 0.937. The van der Waals surface area contributed by atoms with Crippen molar-refractivity contribution in [1.29, 1.82) is 0 Å². The molecule has 0 bridgehead atoms.